The molecule has 4 rings (SSSR count). The smallest absolute Gasteiger partial charge is 0.223 e. The Morgan fingerprint density at radius 1 is 1.12 bits per heavy atom. The molecule has 3 aromatic heterocycles. The van der Waals surface area contributed by atoms with Gasteiger partial charge >= 0.3 is 0 Å². The monoisotopic (exact) mass is 362 g/mol. The summed E-state index contributed by atoms with van der Waals surface area (Å²) in [5, 5.41) is 7.72. The van der Waals surface area contributed by atoms with Gasteiger partial charge in [-0.1, -0.05) is 18.2 Å². The quantitative estimate of drug-likeness (QED) is 0.566. The highest BCUT2D eigenvalue weighted by Crippen LogP contribution is 2.19. The molecule has 7 heteroatoms. The highest BCUT2D eigenvalue weighted by Gasteiger charge is 2.07. The van der Waals surface area contributed by atoms with Gasteiger partial charge in [0.1, 0.15) is 0 Å². The molecule has 0 bridgehead atoms. The number of nitrogens with one attached hydrogen (secondary N) is 1. The molecule has 3 heterocycles. The Labute approximate surface area is 155 Å². The molecular formula is C19H18N6S. The van der Waals surface area contributed by atoms with E-state index in [2.05, 4.69) is 25.4 Å². The SMILES string of the molecule is Cc1ncsc1CCNc1nccc(-c2cnn(-c3ccccc3)c2)n1. The molecule has 4 aromatic rings. The van der Waals surface area contributed by atoms with Crippen molar-refractivity contribution < 1.29 is 0 Å². The molecule has 0 atom stereocenters. The van der Waals surface area contributed by atoms with Gasteiger partial charge in [-0.25, -0.2) is 19.6 Å². The molecule has 1 aromatic carbocycles. The van der Waals surface area contributed by atoms with Crippen LogP contribution in [-0.4, -0.2) is 31.3 Å². The van der Waals surface area contributed by atoms with Crippen LogP contribution in [0.5, 0.6) is 0 Å². The van der Waals surface area contributed by atoms with E-state index in [0.717, 1.165) is 35.6 Å². The number of thiazole rings is 1. The fourth-order valence-corrected chi connectivity index (χ4v) is 3.42. The second kappa shape index (κ2) is 7.45. The predicted molar refractivity (Wildman–Crippen MR) is 104 cm³/mol. The first kappa shape index (κ1) is 16.4. The fraction of sp³-hybridized carbons (Fsp3) is 0.158. The van der Waals surface area contributed by atoms with Gasteiger partial charge in [-0.3, -0.25) is 0 Å². The molecule has 0 radical (unpaired) electrons. The maximum Gasteiger partial charge on any atom is 0.223 e. The molecule has 6 nitrogen and oxygen atoms in total. The first-order valence-corrected chi connectivity index (χ1v) is 9.24. The zero-order chi connectivity index (χ0) is 17.8. The third kappa shape index (κ3) is 3.62. The van der Waals surface area contributed by atoms with Crippen molar-refractivity contribution in [2.24, 2.45) is 0 Å². The zero-order valence-electron chi connectivity index (χ0n) is 14.3. The topological polar surface area (TPSA) is 68.5 Å². The van der Waals surface area contributed by atoms with E-state index in [1.165, 1.54) is 4.88 Å². The van der Waals surface area contributed by atoms with E-state index in [1.807, 2.05) is 65.9 Å². The summed E-state index contributed by atoms with van der Waals surface area (Å²) in [5.74, 6) is 0.622. The number of anilines is 1. The normalized spacial score (nSPS) is 10.8. The number of hydrogen-bond acceptors (Lipinski definition) is 6. The number of para-hydroxylation sites is 1. The lowest BCUT2D eigenvalue weighted by atomic mass is 10.2. The molecule has 0 unspecified atom stereocenters. The van der Waals surface area contributed by atoms with Gasteiger partial charge in [0.15, 0.2) is 0 Å². The van der Waals surface area contributed by atoms with E-state index in [1.54, 1.807) is 17.5 Å². The fourth-order valence-electron chi connectivity index (χ4n) is 2.64. The van der Waals surface area contributed by atoms with Gasteiger partial charge in [0, 0.05) is 35.8 Å². The largest absolute Gasteiger partial charge is 0.354 e. The third-order valence-corrected chi connectivity index (χ3v) is 5.03. The standard InChI is InChI=1S/C19H18N6S/c1-14-18(26-13-22-14)8-10-21-19-20-9-7-17(24-19)15-11-23-25(12-15)16-5-3-2-4-6-16/h2-7,9,11-13H,8,10H2,1H3,(H,20,21,24). The van der Waals surface area contributed by atoms with Crippen molar-refractivity contribution in [1.29, 1.82) is 0 Å². The highest BCUT2D eigenvalue weighted by atomic mass is 32.1. The van der Waals surface area contributed by atoms with Crippen LogP contribution in [-0.2, 0) is 6.42 Å². The second-order valence-corrected chi connectivity index (χ2v) is 6.75. The molecule has 26 heavy (non-hydrogen) atoms. The number of aryl methyl sites for hydroxylation is 1. The lowest BCUT2D eigenvalue weighted by Crippen LogP contribution is -2.08. The van der Waals surface area contributed by atoms with Crippen molar-refractivity contribution in [3.63, 3.8) is 0 Å². The summed E-state index contributed by atoms with van der Waals surface area (Å²) >= 11 is 1.68. The van der Waals surface area contributed by atoms with E-state index in [9.17, 15) is 0 Å². The molecule has 1 N–H and O–H groups in total. The van der Waals surface area contributed by atoms with Crippen LogP contribution in [0.15, 0.2) is 60.5 Å². The maximum atomic E-state index is 4.60. The van der Waals surface area contributed by atoms with E-state index in [-0.39, 0.29) is 0 Å². The van der Waals surface area contributed by atoms with Crippen molar-refractivity contribution in [2.45, 2.75) is 13.3 Å². The van der Waals surface area contributed by atoms with Crippen molar-refractivity contribution in [3.8, 4) is 16.9 Å². The predicted octanol–water partition coefficient (Wildman–Crippen LogP) is 3.75. The zero-order valence-corrected chi connectivity index (χ0v) is 15.1. The Hall–Kier alpha value is -3.06. The highest BCUT2D eigenvalue weighted by molar-refractivity contribution is 7.09. The average Bonchev–Trinajstić information content (AvgIpc) is 3.33. The summed E-state index contributed by atoms with van der Waals surface area (Å²) in [7, 11) is 0. The lowest BCUT2D eigenvalue weighted by molar-refractivity contribution is 0.880. The molecule has 130 valence electrons. The minimum atomic E-state index is 0.622. The van der Waals surface area contributed by atoms with Crippen molar-refractivity contribution in [1.82, 2.24) is 24.7 Å². The first-order valence-electron chi connectivity index (χ1n) is 8.36. The molecule has 0 saturated carbocycles. The number of benzene rings is 1. The number of hydrogen-bond donors (Lipinski definition) is 1. The minimum absolute atomic E-state index is 0.622. The van der Waals surface area contributed by atoms with Gasteiger partial charge in [-0.2, -0.15) is 5.10 Å². The number of nitrogens with zero attached hydrogens (tertiary/aromatic N) is 5. The Balaban J connectivity index is 1.46. The summed E-state index contributed by atoms with van der Waals surface area (Å²) in [4.78, 5) is 14.5. The van der Waals surface area contributed by atoms with Gasteiger partial charge in [-0.15, -0.1) is 11.3 Å². The summed E-state index contributed by atoms with van der Waals surface area (Å²) in [5.41, 5.74) is 5.80. The summed E-state index contributed by atoms with van der Waals surface area (Å²) in [6, 6.07) is 11.9. The average molecular weight is 362 g/mol. The van der Waals surface area contributed by atoms with E-state index < -0.39 is 0 Å². The Morgan fingerprint density at radius 2 is 2.00 bits per heavy atom. The molecule has 0 amide bonds. The maximum absolute atomic E-state index is 4.60. The first-order chi connectivity index (χ1) is 12.8. The van der Waals surface area contributed by atoms with Crippen LogP contribution >= 0.6 is 11.3 Å². The Kier molecular flexibility index (Phi) is 4.70. The van der Waals surface area contributed by atoms with Crippen LogP contribution in [0.2, 0.25) is 0 Å². The number of rotatable bonds is 6. The lowest BCUT2D eigenvalue weighted by Gasteiger charge is -2.05. The van der Waals surface area contributed by atoms with Crippen molar-refractivity contribution in [2.75, 3.05) is 11.9 Å². The van der Waals surface area contributed by atoms with Crippen LogP contribution < -0.4 is 5.32 Å². The van der Waals surface area contributed by atoms with Crippen LogP contribution in [0.1, 0.15) is 10.6 Å². The molecule has 0 saturated heterocycles. The molecule has 0 fully saturated rings. The van der Waals surface area contributed by atoms with E-state index >= 15 is 0 Å². The minimum Gasteiger partial charge on any atom is -0.354 e. The van der Waals surface area contributed by atoms with E-state index in [4.69, 9.17) is 0 Å². The Bertz CT molecular complexity index is 992. The summed E-state index contributed by atoms with van der Waals surface area (Å²) in [6.45, 7) is 2.81. The molecule has 0 spiro atoms. The van der Waals surface area contributed by atoms with Crippen LogP contribution in [0.25, 0.3) is 16.9 Å². The number of aromatic nitrogens is 5. The van der Waals surface area contributed by atoms with Gasteiger partial charge in [0.2, 0.25) is 5.95 Å². The molecule has 0 aliphatic carbocycles. The van der Waals surface area contributed by atoms with Crippen LogP contribution in [0, 0.1) is 6.92 Å². The third-order valence-electron chi connectivity index (χ3n) is 4.03. The van der Waals surface area contributed by atoms with Crippen LogP contribution in [0.4, 0.5) is 5.95 Å². The summed E-state index contributed by atoms with van der Waals surface area (Å²) < 4.78 is 1.84. The second-order valence-electron chi connectivity index (χ2n) is 5.81. The molecular weight excluding hydrogens is 344 g/mol. The van der Waals surface area contributed by atoms with E-state index in [0.29, 0.717) is 5.95 Å². The van der Waals surface area contributed by atoms with Gasteiger partial charge in [0.25, 0.3) is 0 Å². The summed E-state index contributed by atoms with van der Waals surface area (Å²) in [6.07, 6.45) is 6.47. The molecule has 0 aliphatic rings. The van der Waals surface area contributed by atoms with Gasteiger partial charge in [-0.05, 0) is 25.1 Å². The van der Waals surface area contributed by atoms with Crippen molar-refractivity contribution in [3.05, 3.63) is 71.1 Å². The van der Waals surface area contributed by atoms with Crippen molar-refractivity contribution >= 4 is 17.3 Å². The molecule has 0 aliphatic heterocycles. The Morgan fingerprint density at radius 3 is 2.81 bits per heavy atom. The van der Waals surface area contributed by atoms with Gasteiger partial charge < -0.3 is 5.32 Å². The van der Waals surface area contributed by atoms with Crippen LogP contribution in [0.3, 0.4) is 0 Å². The van der Waals surface area contributed by atoms with Gasteiger partial charge in [0.05, 0.1) is 28.8 Å².